The highest BCUT2D eigenvalue weighted by molar-refractivity contribution is 9.11. The summed E-state index contributed by atoms with van der Waals surface area (Å²) < 4.78 is 11.9. The van der Waals surface area contributed by atoms with Crippen molar-refractivity contribution in [2.45, 2.75) is 25.3 Å². The van der Waals surface area contributed by atoms with E-state index in [-0.39, 0.29) is 11.9 Å². The van der Waals surface area contributed by atoms with Crippen molar-refractivity contribution in [3.63, 3.8) is 0 Å². The lowest BCUT2D eigenvalue weighted by Gasteiger charge is -2.33. The van der Waals surface area contributed by atoms with Crippen molar-refractivity contribution >= 4 is 21.8 Å². The van der Waals surface area contributed by atoms with Gasteiger partial charge in [-0.1, -0.05) is 52.3 Å². The van der Waals surface area contributed by atoms with Gasteiger partial charge in [0.2, 0.25) is 6.79 Å². The number of hydrogen-bond acceptors (Lipinski definition) is 3. The molecular weight excluding hydrogens is 418 g/mol. The summed E-state index contributed by atoms with van der Waals surface area (Å²) in [6, 6.07) is 14.1. The molecule has 5 rings (SSSR count). The lowest BCUT2D eigenvalue weighted by Crippen LogP contribution is -2.34. The van der Waals surface area contributed by atoms with Crippen LogP contribution in [0.5, 0.6) is 11.5 Å². The van der Waals surface area contributed by atoms with Crippen molar-refractivity contribution < 1.29 is 14.3 Å². The Hall–Kier alpha value is -2.53. The molecule has 0 aliphatic carbocycles. The van der Waals surface area contributed by atoms with Crippen molar-refractivity contribution in [2.24, 2.45) is 0 Å². The number of halogens is 1. The minimum atomic E-state index is 0.0574. The topological polar surface area (TPSA) is 38.8 Å². The number of piperidine rings is 1. The number of benzene rings is 2. The molecule has 3 heterocycles. The largest absolute Gasteiger partial charge is 0.454 e. The number of carbonyl (C=O) groups is 1. The first-order valence-corrected chi connectivity index (χ1v) is 10.3. The maximum Gasteiger partial charge on any atom is 0.254 e. The lowest BCUT2D eigenvalue weighted by molar-refractivity contribution is 0.0721. The van der Waals surface area contributed by atoms with Crippen LogP contribution >= 0.6 is 15.9 Å². The summed E-state index contributed by atoms with van der Waals surface area (Å²) in [5.41, 5.74) is 4.43. The van der Waals surface area contributed by atoms with Gasteiger partial charge in [0.05, 0.1) is 6.04 Å². The van der Waals surface area contributed by atoms with Gasteiger partial charge < -0.3 is 14.4 Å². The van der Waals surface area contributed by atoms with E-state index in [0.717, 1.165) is 52.9 Å². The smallest absolute Gasteiger partial charge is 0.254 e. The van der Waals surface area contributed by atoms with E-state index in [4.69, 9.17) is 9.47 Å². The minimum Gasteiger partial charge on any atom is -0.454 e. The monoisotopic (exact) mass is 437 g/mol. The van der Waals surface area contributed by atoms with Crippen LogP contribution in [-0.4, -0.2) is 24.1 Å². The number of fused-ring (bicyclic) bond motifs is 4. The molecule has 0 N–H and O–H groups in total. The maximum atomic E-state index is 12.7. The van der Waals surface area contributed by atoms with Crippen molar-refractivity contribution in [1.29, 1.82) is 0 Å². The highest BCUT2D eigenvalue weighted by Gasteiger charge is 2.40. The van der Waals surface area contributed by atoms with Crippen LogP contribution in [0, 0.1) is 0 Å². The van der Waals surface area contributed by atoms with Gasteiger partial charge in [0.15, 0.2) is 11.5 Å². The molecule has 0 aromatic heterocycles. The van der Waals surface area contributed by atoms with Gasteiger partial charge in [0.1, 0.15) is 0 Å². The average Bonchev–Trinajstić information content (AvgIpc) is 3.31. The molecule has 1 saturated heterocycles. The van der Waals surface area contributed by atoms with E-state index in [1.165, 1.54) is 11.1 Å². The van der Waals surface area contributed by atoms with Gasteiger partial charge in [0.25, 0.3) is 5.91 Å². The third kappa shape index (κ3) is 2.94. The average molecular weight is 438 g/mol. The van der Waals surface area contributed by atoms with Gasteiger partial charge in [-0.15, -0.1) is 0 Å². The zero-order chi connectivity index (χ0) is 19.1. The summed E-state index contributed by atoms with van der Waals surface area (Å²) in [7, 11) is 0. The number of carbonyl (C=O) groups excluding carboxylic acids is 1. The minimum absolute atomic E-state index is 0.0574. The highest BCUT2D eigenvalue weighted by atomic mass is 79.9. The van der Waals surface area contributed by atoms with Crippen LogP contribution in [0.25, 0.3) is 0 Å². The van der Waals surface area contributed by atoms with Crippen LogP contribution < -0.4 is 9.47 Å². The van der Waals surface area contributed by atoms with Gasteiger partial charge in [-0.3, -0.25) is 4.79 Å². The zero-order valence-corrected chi connectivity index (χ0v) is 16.9. The van der Waals surface area contributed by atoms with Gasteiger partial charge in [-0.05, 0) is 54.2 Å². The predicted molar refractivity (Wildman–Crippen MR) is 111 cm³/mol. The summed E-state index contributed by atoms with van der Waals surface area (Å²) in [5, 5.41) is 0. The molecule has 0 bridgehead atoms. The Bertz CT molecular complexity index is 1010. The molecule has 142 valence electrons. The Morgan fingerprint density at radius 3 is 2.96 bits per heavy atom. The fourth-order valence-corrected chi connectivity index (χ4v) is 4.88. The van der Waals surface area contributed by atoms with Gasteiger partial charge in [-0.25, -0.2) is 0 Å². The molecule has 3 aliphatic rings. The van der Waals surface area contributed by atoms with Crippen LogP contribution in [0.4, 0.5) is 0 Å². The second-order valence-corrected chi connectivity index (χ2v) is 8.11. The Balaban J connectivity index is 1.39. The molecule has 1 atom stereocenters. The maximum absolute atomic E-state index is 12.7. The number of rotatable bonds is 3. The second kappa shape index (κ2) is 7.13. The van der Waals surface area contributed by atoms with E-state index in [1.807, 2.05) is 35.2 Å². The molecule has 3 aliphatic heterocycles. The summed E-state index contributed by atoms with van der Waals surface area (Å²) in [6.45, 7) is 1.12. The normalized spacial score (nSPS) is 21.8. The number of nitrogens with zero attached hydrogens (tertiary/aromatic N) is 1. The van der Waals surface area contributed by atoms with Gasteiger partial charge in [0, 0.05) is 16.6 Å². The van der Waals surface area contributed by atoms with E-state index < -0.39 is 0 Å². The van der Waals surface area contributed by atoms with Gasteiger partial charge >= 0.3 is 0 Å². The van der Waals surface area contributed by atoms with Gasteiger partial charge in [-0.2, -0.15) is 0 Å². The van der Waals surface area contributed by atoms with Crippen molar-refractivity contribution in [2.75, 3.05) is 13.3 Å². The highest BCUT2D eigenvalue weighted by Crippen LogP contribution is 2.45. The molecule has 1 unspecified atom stereocenters. The molecule has 1 amide bonds. The SMILES string of the molecule is O=C1c2ccccc2C2/C(=C(Br)\C=C\Cc3ccc4c(c3)OCO4)CCCN12. The Kier molecular flexibility index (Phi) is 4.47. The summed E-state index contributed by atoms with van der Waals surface area (Å²) >= 11 is 3.78. The Morgan fingerprint density at radius 1 is 1.18 bits per heavy atom. The number of hydrogen-bond donors (Lipinski definition) is 0. The Labute approximate surface area is 172 Å². The zero-order valence-electron chi connectivity index (χ0n) is 15.4. The lowest BCUT2D eigenvalue weighted by atomic mass is 9.91. The quantitative estimate of drug-likeness (QED) is 0.665. The van der Waals surface area contributed by atoms with Crippen LogP contribution in [0.15, 0.2) is 64.7 Å². The first-order valence-electron chi connectivity index (χ1n) is 9.56. The molecule has 5 heteroatoms. The van der Waals surface area contributed by atoms with Crippen LogP contribution in [0.2, 0.25) is 0 Å². The fraction of sp³-hybridized carbons (Fsp3) is 0.261. The van der Waals surface area contributed by atoms with Crippen molar-refractivity contribution in [3.05, 3.63) is 81.4 Å². The molecule has 28 heavy (non-hydrogen) atoms. The number of amides is 1. The Morgan fingerprint density at radius 2 is 2.04 bits per heavy atom. The molecular formula is C23H20BrNO3. The van der Waals surface area contributed by atoms with Crippen molar-refractivity contribution in [1.82, 2.24) is 4.90 Å². The summed E-state index contributed by atoms with van der Waals surface area (Å²) in [5.74, 6) is 1.78. The van der Waals surface area contributed by atoms with E-state index in [1.54, 1.807) is 0 Å². The van der Waals surface area contributed by atoms with Crippen LogP contribution in [0.3, 0.4) is 0 Å². The first-order chi connectivity index (χ1) is 13.7. The van der Waals surface area contributed by atoms with E-state index in [2.05, 4.69) is 40.2 Å². The first kappa shape index (κ1) is 17.6. The third-order valence-corrected chi connectivity index (χ3v) is 6.37. The summed E-state index contributed by atoms with van der Waals surface area (Å²) in [4.78, 5) is 14.7. The number of ether oxygens (including phenoxy) is 2. The third-order valence-electron chi connectivity index (χ3n) is 5.59. The molecule has 2 aromatic carbocycles. The second-order valence-electron chi connectivity index (χ2n) is 7.26. The van der Waals surface area contributed by atoms with E-state index in [0.29, 0.717) is 6.79 Å². The molecule has 0 saturated carbocycles. The molecule has 1 fully saturated rings. The fourth-order valence-electron chi connectivity index (χ4n) is 4.28. The van der Waals surface area contributed by atoms with E-state index >= 15 is 0 Å². The number of allylic oxidation sites excluding steroid dienone is 3. The van der Waals surface area contributed by atoms with Crippen molar-refractivity contribution in [3.8, 4) is 11.5 Å². The molecule has 2 aromatic rings. The molecule has 0 spiro atoms. The van der Waals surface area contributed by atoms with E-state index in [9.17, 15) is 4.79 Å². The standard InChI is InChI=1S/C23H20BrNO3/c24-19(9-3-5-15-10-11-20-21(13-15)28-14-27-20)18-8-4-12-25-22(18)16-6-1-2-7-17(16)23(25)26/h1-3,6-7,9-11,13,22H,4-5,8,12,14H2/b9-3+,19-18+. The van der Waals surface area contributed by atoms with Crippen LogP contribution in [-0.2, 0) is 6.42 Å². The predicted octanol–water partition coefficient (Wildman–Crippen LogP) is 5.15. The molecule has 0 radical (unpaired) electrons. The molecule has 4 nitrogen and oxygen atoms in total. The van der Waals surface area contributed by atoms with Crippen LogP contribution in [0.1, 0.15) is 40.4 Å². The summed E-state index contributed by atoms with van der Waals surface area (Å²) in [6.07, 6.45) is 7.07.